The highest BCUT2D eigenvalue weighted by atomic mass is 19.2. The molecule has 0 spiro atoms. The van der Waals surface area contributed by atoms with Gasteiger partial charge >= 0.3 is 0 Å². The van der Waals surface area contributed by atoms with Gasteiger partial charge in [-0.1, -0.05) is 7.43 Å². The SMILES string of the molecule is C.CC(C#N)=c1c(F)c(F)c(=C(C#N)C#N)c(F)c1F.N#Cc1nc2c3nc(C#N)c(C#N)nc3c3nc(C#N)c(C#N)nc3c2nc1C#N.[2HH].[HH]. The fraction of sp³-hybridized carbons (Fsp3) is 0.0645. The van der Waals surface area contributed by atoms with Gasteiger partial charge in [-0.25, -0.2) is 47.5 Å². The summed E-state index contributed by atoms with van der Waals surface area (Å²) >= 11 is 0. The molecule has 0 aliphatic rings. The second-order valence-electron chi connectivity index (χ2n) is 8.87. The van der Waals surface area contributed by atoms with Crippen molar-refractivity contribution >= 4 is 44.2 Å². The molecule has 19 heteroatoms. The Hall–Kier alpha value is -8.67. The van der Waals surface area contributed by atoms with Crippen molar-refractivity contribution in [2.24, 2.45) is 0 Å². The Bertz CT molecular complexity index is 2490. The van der Waals surface area contributed by atoms with Crippen LogP contribution in [0.5, 0.6) is 0 Å². The van der Waals surface area contributed by atoms with E-state index < -0.39 is 44.9 Å². The van der Waals surface area contributed by atoms with E-state index in [1.807, 2.05) is 0 Å². The van der Waals surface area contributed by atoms with Crippen molar-refractivity contribution in [1.82, 2.24) is 29.9 Å². The zero-order valence-electron chi connectivity index (χ0n) is 23.7. The second-order valence-corrected chi connectivity index (χ2v) is 8.87. The highest BCUT2D eigenvalue weighted by Gasteiger charge is 2.24. The summed E-state index contributed by atoms with van der Waals surface area (Å²) < 4.78 is 54.4. The summed E-state index contributed by atoms with van der Waals surface area (Å²) in [6.45, 7) is 0.971. The second kappa shape index (κ2) is 14.2. The molecule has 0 bridgehead atoms. The van der Waals surface area contributed by atoms with Crippen LogP contribution >= 0.6 is 0 Å². The van der Waals surface area contributed by atoms with Crippen LogP contribution in [0.15, 0.2) is 0 Å². The maximum atomic E-state index is 13.6. The first kappa shape index (κ1) is 35.8. The molecule has 0 fully saturated rings. The zero-order chi connectivity index (χ0) is 36.2. The Morgan fingerprint density at radius 2 is 0.660 bits per heavy atom. The smallest absolute Gasteiger partial charge is 0.177 e. The lowest BCUT2D eigenvalue weighted by Gasteiger charge is -2.09. The van der Waals surface area contributed by atoms with Gasteiger partial charge in [-0.05, 0) is 6.92 Å². The van der Waals surface area contributed by atoms with Gasteiger partial charge in [0.2, 0.25) is 0 Å². The van der Waals surface area contributed by atoms with E-state index in [0.29, 0.717) is 0 Å². The highest BCUT2D eigenvalue weighted by molar-refractivity contribution is 6.18. The minimum atomic E-state index is -1.89. The van der Waals surface area contributed by atoms with Gasteiger partial charge in [0.1, 0.15) is 87.2 Å². The molecule has 0 radical (unpaired) electrons. The van der Waals surface area contributed by atoms with E-state index in [1.165, 1.54) is 6.07 Å². The summed E-state index contributed by atoms with van der Waals surface area (Å²) in [7, 11) is 0. The molecule has 0 saturated carbocycles. The van der Waals surface area contributed by atoms with Crippen LogP contribution < -0.4 is 10.4 Å². The molecule has 5 rings (SSSR count). The van der Waals surface area contributed by atoms with Gasteiger partial charge in [-0.3, -0.25) is 0 Å². The molecule has 50 heavy (non-hydrogen) atoms. The number of aromatic nitrogens is 6. The van der Waals surface area contributed by atoms with Crippen molar-refractivity contribution < 1.29 is 20.4 Å². The van der Waals surface area contributed by atoms with Gasteiger partial charge in [0, 0.05) is 8.43 Å². The molecule has 0 atom stereocenters. The van der Waals surface area contributed by atoms with Gasteiger partial charge in [0.05, 0.1) is 16.5 Å². The topological polar surface area (TPSA) is 291 Å². The Kier molecular flexibility index (Phi) is 10.2. The normalized spacial score (nSPS) is 9.36. The lowest BCUT2D eigenvalue weighted by Crippen LogP contribution is -2.30. The summed E-state index contributed by atoms with van der Waals surface area (Å²) in [6.07, 6.45) is 0. The average molecular weight is 671 g/mol. The molecule has 0 unspecified atom stereocenters. The zero-order valence-corrected chi connectivity index (χ0v) is 23.7. The molecule has 0 aliphatic carbocycles. The third-order valence-electron chi connectivity index (χ3n) is 6.28. The Balaban J connectivity index is 0.000000540. The van der Waals surface area contributed by atoms with E-state index in [0.717, 1.165) is 19.1 Å². The standard InChI is InChI=1S/C18N12.C12H3F4N3.CH4.2H2/c19-1-7-8(2-20)26-14-13(25-7)15-17(29-10(4-22)9(3-21)27-15)18-16(14)28-11(5-23)12(6-24)30-18;1-5(2-17)7-9(13)11(15)8(6(3-18)4-19)12(16)10(7)14;;;/h;1H3;1H4;2*1H/i;;;1+1;. The molecule has 3 aromatic heterocycles. The number of benzene rings is 2. The summed E-state index contributed by atoms with van der Waals surface area (Å²) in [6, 6.07) is 14.1. The van der Waals surface area contributed by atoms with Gasteiger partial charge < -0.3 is 0 Å². The average Bonchev–Trinajstić information content (AvgIpc) is 3.14. The van der Waals surface area contributed by atoms with E-state index in [2.05, 4.69) is 29.9 Å². The van der Waals surface area contributed by atoms with Crippen LogP contribution in [0.2, 0.25) is 0 Å². The van der Waals surface area contributed by atoms with Gasteiger partial charge in [0.15, 0.2) is 57.4 Å². The van der Waals surface area contributed by atoms with Crippen molar-refractivity contribution in [2.45, 2.75) is 14.4 Å². The Labute approximate surface area is 278 Å². The van der Waals surface area contributed by atoms with Crippen LogP contribution in [0.1, 0.15) is 51.4 Å². The Morgan fingerprint density at radius 1 is 0.440 bits per heavy atom. The minimum Gasteiger partial charge on any atom is -0.230 e. The molecule has 2 aromatic carbocycles. The number of hydrogen-bond donors (Lipinski definition) is 0. The van der Waals surface area contributed by atoms with Gasteiger partial charge in [-0.15, -0.1) is 0 Å². The molecule has 5 aromatic rings. The molecular formula is C31H11F4N15. The summed E-state index contributed by atoms with van der Waals surface area (Å²) in [5.74, 6) is -7.42. The minimum absolute atomic E-state index is 0. The molecule has 0 aliphatic heterocycles. The molecule has 0 N–H and O–H groups in total. The van der Waals surface area contributed by atoms with Gasteiger partial charge in [0.25, 0.3) is 0 Å². The number of hydrogen-bond acceptors (Lipinski definition) is 15. The van der Waals surface area contributed by atoms with Crippen LogP contribution in [0, 0.1) is 125 Å². The predicted molar refractivity (Wildman–Crippen MR) is 160 cm³/mol. The van der Waals surface area contributed by atoms with E-state index in [-0.39, 0.29) is 77.5 Å². The van der Waals surface area contributed by atoms with Crippen LogP contribution in [0.3, 0.4) is 0 Å². The van der Waals surface area contributed by atoms with Crippen molar-refractivity contribution in [3.63, 3.8) is 0 Å². The van der Waals surface area contributed by atoms with Crippen LogP contribution in [0.4, 0.5) is 17.6 Å². The van der Waals surface area contributed by atoms with Crippen molar-refractivity contribution in [3.05, 3.63) is 67.9 Å². The lowest BCUT2D eigenvalue weighted by molar-refractivity contribution is 0.434. The fourth-order valence-corrected chi connectivity index (χ4v) is 4.14. The van der Waals surface area contributed by atoms with E-state index in [9.17, 15) is 49.1 Å². The van der Waals surface area contributed by atoms with Crippen LogP contribution in [0.25, 0.3) is 44.2 Å². The maximum absolute atomic E-state index is 13.6. The first-order valence-corrected chi connectivity index (χ1v) is 12.5. The number of nitrogens with zero attached hydrogens (tertiary/aromatic N) is 15. The highest BCUT2D eigenvalue weighted by Crippen LogP contribution is 2.31. The van der Waals surface area contributed by atoms with Crippen molar-refractivity contribution in [1.29, 1.82) is 47.4 Å². The number of halogens is 4. The largest absolute Gasteiger partial charge is 0.230 e. The molecular weight excluding hydrogens is 658 g/mol. The van der Waals surface area contributed by atoms with Crippen LogP contribution in [-0.4, -0.2) is 29.9 Å². The molecule has 0 saturated heterocycles. The first-order valence-electron chi connectivity index (χ1n) is 12.5. The summed E-state index contributed by atoms with van der Waals surface area (Å²) in [4.78, 5) is 24.7. The third kappa shape index (κ3) is 5.63. The van der Waals surface area contributed by atoms with E-state index >= 15 is 0 Å². The van der Waals surface area contributed by atoms with E-state index in [4.69, 9.17) is 15.8 Å². The van der Waals surface area contributed by atoms with Crippen molar-refractivity contribution in [2.75, 3.05) is 0 Å². The van der Waals surface area contributed by atoms with E-state index in [1.54, 1.807) is 36.4 Å². The predicted octanol–water partition coefficient (Wildman–Crippen LogP) is 3.01. The lowest BCUT2D eigenvalue weighted by atomic mass is 10.1. The molecule has 0 amide bonds. The number of fused-ring (bicyclic) bond motifs is 6. The molecule has 3 heterocycles. The monoisotopic (exact) mass is 670 g/mol. The summed E-state index contributed by atoms with van der Waals surface area (Å²) in [5, 5.41) is 78.7. The molecule has 15 nitrogen and oxygen atoms in total. The van der Waals surface area contributed by atoms with Crippen molar-refractivity contribution in [3.8, 4) is 54.6 Å². The third-order valence-corrected chi connectivity index (χ3v) is 6.28. The number of rotatable bonds is 0. The first-order chi connectivity index (χ1) is 23.5. The fourth-order valence-electron chi connectivity index (χ4n) is 4.14. The quantitative estimate of drug-likeness (QED) is 0.130. The number of nitriles is 9. The van der Waals surface area contributed by atoms with Gasteiger partial charge in [-0.2, -0.15) is 47.4 Å². The maximum Gasteiger partial charge on any atom is 0.177 e. The van der Waals surface area contributed by atoms with Crippen LogP contribution in [-0.2, 0) is 0 Å². The molecule has 238 valence electrons. The summed E-state index contributed by atoms with van der Waals surface area (Å²) in [5.41, 5.74) is -3.58. The Morgan fingerprint density at radius 3 is 0.840 bits per heavy atom.